The van der Waals surface area contributed by atoms with Gasteiger partial charge in [-0.1, -0.05) is 19.4 Å². The predicted molar refractivity (Wildman–Crippen MR) is 81.7 cm³/mol. The van der Waals surface area contributed by atoms with Gasteiger partial charge in [0.2, 0.25) is 0 Å². The lowest BCUT2D eigenvalue weighted by molar-refractivity contribution is -0.384. The van der Waals surface area contributed by atoms with E-state index in [2.05, 4.69) is 5.29 Å². The van der Waals surface area contributed by atoms with Crippen LogP contribution < -0.4 is 5.01 Å². The third-order valence-corrected chi connectivity index (χ3v) is 3.16. The number of nitro groups is 1. The Bertz CT molecular complexity index is 600. The zero-order valence-corrected chi connectivity index (χ0v) is 12.3. The molecule has 1 N–H and O–H groups in total. The summed E-state index contributed by atoms with van der Waals surface area (Å²) in [6, 6.07) is 4.07. The number of nitroso groups, excluding NO2 is 1. The van der Waals surface area contributed by atoms with Crippen molar-refractivity contribution in [1.29, 1.82) is 0 Å². The van der Waals surface area contributed by atoms with Crippen LogP contribution in [0, 0.1) is 15.0 Å². The van der Waals surface area contributed by atoms with Gasteiger partial charge in [0.25, 0.3) is 5.69 Å². The lowest BCUT2D eigenvalue weighted by Crippen LogP contribution is -2.12. The van der Waals surface area contributed by atoms with Crippen molar-refractivity contribution in [2.45, 2.75) is 25.7 Å². The number of allylic oxidation sites excluding steroid dienone is 1. The summed E-state index contributed by atoms with van der Waals surface area (Å²) in [5.74, 6) is -1.46. The molecule has 0 aromatic heterocycles. The Morgan fingerprint density at radius 2 is 2.23 bits per heavy atom. The maximum atomic E-state index is 10.9. The number of benzene rings is 1. The molecule has 1 unspecified atom stereocenters. The normalized spacial score (nSPS) is 12.1. The second-order valence-electron chi connectivity index (χ2n) is 4.70. The van der Waals surface area contributed by atoms with E-state index in [0.717, 1.165) is 17.5 Å². The highest BCUT2D eigenvalue weighted by Gasteiger charge is 2.19. The van der Waals surface area contributed by atoms with E-state index in [9.17, 15) is 19.8 Å². The first kappa shape index (κ1) is 17.3. The first-order valence-electron chi connectivity index (χ1n) is 6.67. The molecule has 0 spiro atoms. The zero-order valence-electron chi connectivity index (χ0n) is 12.3. The Labute approximate surface area is 127 Å². The van der Waals surface area contributed by atoms with Gasteiger partial charge in [-0.25, -0.2) is 9.80 Å². The fraction of sp³-hybridized carbons (Fsp3) is 0.357. The molecule has 0 heterocycles. The van der Waals surface area contributed by atoms with Crippen LogP contribution in [0.15, 0.2) is 35.6 Å². The predicted octanol–water partition coefficient (Wildman–Crippen LogP) is 3.24. The third-order valence-electron chi connectivity index (χ3n) is 3.16. The van der Waals surface area contributed by atoms with Crippen LogP contribution in [-0.4, -0.2) is 23.0 Å². The van der Waals surface area contributed by atoms with Crippen molar-refractivity contribution in [3.05, 3.63) is 50.9 Å². The van der Waals surface area contributed by atoms with Crippen molar-refractivity contribution in [3.8, 4) is 0 Å². The zero-order chi connectivity index (χ0) is 16.7. The van der Waals surface area contributed by atoms with E-state index < -0.39 is 10.9 Å². The van der Waals surface area contributed by atoms with Gasteiger partial charge in [0.15, 0.2) is 0 Å². The monoisotopic (exact) mass is 307 g/mol. The molecule has 0 aliphatic heterocycles. The van der Waals surface area contributed by atoms with E-state index in [1.54, 1.807) is 0 Å². The first-order valence-corrected chi connectivity index (χ1v) is 6.67. The molecule has 8 nitrogen and oxygen atoms in total. The first-order chi connectivity index (χ1) is 10.4. The van der Waals surface area contributed by atoms with Crippen LogP contribution in [0.3, 0.4) is 0 Å². The number of carbonyl (C=O) groups is 1. The van der Waals surface area contributed by atoms with Crippen molar-refractivity contribution in [1.82, 2.24) is 0 Å². The minimum absolute atomic E-state index is 0.122. The number of rotatable bonds is 8. The number of hydrogen-bond donors (Lipinski definition) is 1. The smallest absolute Gasteiger partial charge is 0.327 e. The molecule has 0 aliphatic carbocycles. The van der Waals surface area contributed by atoms with Gasteiger partial charge in [0, 0.05) is 31.2 Å². The highest BCUT2D eigenvalue weighted by molar-refractivity contribution is 5.80. The summed E-state index contributed by atoms with van der Waals surface area (Å²) in [7, 11) is 1.43. The fourth-order valence-electron chi connectivity index (χ4n) is 2.16. The van der Waals surface area contributed by atoms with Gasteiger partial charge in [0.05, 0.1) is 15.9 Å². The van der Waals surface area contributed by atoms with E-state index in [0.29, 0.717) is 17.7 Å². The lowest BCUT2D eigenvalue weighted by atomic mass is 9.92. The Morgan fingerprint density at radius 1 is 1.55 bits per heavy atom. The van der Waals surface area contributed by atoms with E-state index in [1.165, 1.54) is 31.3 Å². The highest BCUT2D eigenvalue weighted by Crippen LogP contribution is 2.34. The Morgan fingerprint density at radius 3 is 2.73 bits per heavy atom. The minimum atomic E-state index is -1.10. The van der Waals surface area contributed by atoms with E-state index in [1.807, 2.05) is 6.92 Å². The van der Waals surface area contributed by atoms with Crippen molar-refractivity contribution >= 4 is 17.3 Å². The largest absolute Gasteiger partial charge is 0.478 e. The van der Waals surface area contributed by atoms with Crippen LogP contribution in [0.2, 0.25) is 0 Å². The van der Waals surface area contributed by atoms with Crippen molar-refractivity contribution in [2.24, 2.45) is 5.29 Å². The molecule has 22 heavy (non-hydrogen) atoms. The minimum Gasteiger partial charge on any atom is -0.478 e. The Balaban J connectivity index is 3.40. The van der Waals surface area contributed by atoms with Crippen LogP contribution in [0.4, 0.5) is 11.4 Å². The molecular formula is C14H17N3O5. The molecule has 0 radical (unpaired) electrons. The average molecular weight is 307 g/mol. The van der Waals surface area contributed by atoms with Gasteiger partial charge in [-0.3, -0.25) is 10.1 Å². The molecular weight excluding hydrogens is 290 g/mol. The number of anilines is 1. The summed E-state index contributed by atoms with van der Waals surface area (Å²) < 4.78 is 0. The second kappa shape index (κ2) is 7.87. The van der Waals surface area contributed by atoms with Gasteiger partial charge in [-0.05, 0) is 18.1 Å². The summed E-state index contributed by atoms with van der Waals surface area (Å²) >= 11 is 0. The molecule has 1 aromatic rings. The van der Waals surface area contributed by atoms with Gasteiger partial charge in [-0.15, -0.1) is 4.91 Å². The quantitative estimate of drug-likeness (QED) is 0.341. The maximum Gasteiger partial charge on any atom is 0.327 e. The number of nitrogens with zero attached hydrogens (tertiary/aromatic N) is 3. The number of non-ortho nitro benzene ring substituents is 1. The third kappa shape index (κ3) is 4.37. The molecule has 118 valence electrons. The summed E-state index contributed by atoms with van der Waals surface area (Å²) in [5, 5.41) is 23.6. The number of hydrogen-bond acceptors (Lipinski definition) is 5. The van der Waals surface area contributed by atoms with E-state index in [-0.39, 0.29) is 11.6 Å². The summed E-state index contributed by atoms with van der Waals surface area (Å²) in [6.07, 6.45) is 3.80. The van der Waals surface area contributed by atoms with Crippen molar-refractivity contribution in [2.75, 3.05) is 12.1 Å². The van der Waals surface area contributed by atoms with Gasteiger partial charge >= 0.3 is 5.97 Å². The topological polar surface area (TPSA) is 113 Å². The van der Waals surface area contributed by atoms with Gasteiger partial charge in [-0.2, -0.15) is 0 Å². The summed E-state index contributed by atoms with van der Waals surface area (Å²) in [5.41, 5.74) is 0.785. The van der Waals surface area contributed by atoms with E-state index in [4.69, 9.17) is 5.11 Å². The molecule has 0 bridgehead atoms. The van der Waals surface area contributed by atoms with E-state index >= 15 is 0 Å². The van der Waals surface area contributed by atoms with Crippen LogP contribution in [0.25, 0.3) is 0 Å². The number of carboxylic acid groups (broad SMARTS) is 1. The molecule has 1 aromatic carbocycles. The summed E-state index contributed by atoms with van der Waals surface area (Å²) in [4.78, 5) is 31.9. The molecule has 0 saturated carbocycles. The highest BCUT2D eigenvalue weighted by atomic mass is 16.6. The number of carboxylic acids is 1. The Kier molecular flexibility index (Phi) is 6.18. The second-order valence-corrected chi connectivity index (χ2v) is 4.70. The molecule has 0 fully saturated rings. The summed E-state index contributed by atoms with van der Waals surface area (Å²) in [6.45, 7) is 1.92. The number of nitro benzene ring substituents is 1. The molecule has 0 saturated heterocycles. The van der Waals surface area contributed by atoms with Crippen molar-refractivity contribution < 1.29 is 14.8 Å². The SMILES string of the molecule is CCCC(C=CC(=O)O)c1cc([N+](=O)[O-])ccc1N(C)N=O. The molecule has 0 amide bonds. The van der Waals surface area contributed by atoms with Crippen LogP contribution >= 0.6 is 0 Å². The maximum absolute atomic E-state index is 10.9. The van der Waals surface area contributed by atoms with Crippen molar-refractivity contribution in [3.63, 3.8) is 0 Å². The van der Waals surface area contributed by atoms with Crippen LogP contribution in [-0.2, 0) is 4.79 Å². The molecule has 1 atom stereocenters. The molecule has 1 rings (SSSR count). The molecule has 0 aliphatic rings. The van der Waals surface area contributed by atoms with Gasteiger partial charge < -0.3 is 5.11 Å². The average Bonchev–Trinajstić information content (AvgIpc) is 2.49. The molecule has 8 heteroatoms. The Hall–Kier alpha value is -2.77. The lowest BCUT2D eigenvalue weighted by Gasteiger charge is -2.19. The number of aliphatic carboxylic acids is 1. The fourth-order valence-corrected chi connectivity index (χ4v) is 2.16. The van der Waals surface area contributed by atoms with Gasteiger partial charge in [0.1, 0.15) is 0 Å². The van der Waals surface area contributed by atoms with Crippen LogP contribution in [0.5, 0.6) is 0 Å². The standard InChI is InChI=1S/C14H17N3O5/c1-3-4-10(5-8-14(18)19)12-9-11(17(21)22)6-7-13(12)16(2)15-20/h5-10H,3-4H2,1-2H3,(H,18,19). The van der Waals surface area contributed by atoms with Crippen LogP contribution in [0.1, 0.15) is 31.2 Å².